The van der Waals surface area contributed by atoms with Crippen molar-refractivity contribution in [3.05, 3.63) is 69.8 Å². The van der Waals surface area contributed by atoms with Crippen molar-refractivity contribution in [3.63, 3.8) is 0 Å². The molecule has 0 unspecified atom stereocenters. The third-order valence-electron chi connectivity index (χ3n) is 7.65. The Morgan fingerprint density at radius 2 is 1.68 bits per heavy atom. The van der Waals surface area contributed by atoms with Crippen molar-refractivity contribution in [3.8, 4) is 0 Å². The molecule has 2 aliphatic rings. The highest BCUT2D eigenvalue weighted by Crippen LogP contribution is 2.31. The summed E-state index contributed by atoms with van der Waals surface area (Å²) in [6.07, 6.45) is 0.654. The predicted molar refractivity (Wildman–Crippen MR) is 157 cm³/mol. The summed E-state index contributed by atoms with van der Waals surface area (Å²) in [6.45, 7) is 3.22. The number of nitrogens with two attached hydrogens (primary N) is 1. The Balaban J connectivity index is 1.66. The van der Waals surface area contributed by atoms with Gasteiger partial charge in [0.1, 0.15) is 12.1 Å². The number of nitro benzene ring substituents is 1. The van der Waals surface area contributed by atoms with Crippen molar-refractivity contribution in [2.45, 2.75) is 70.1 Å². The van der Waals surface area contributed by atoms with Gasteiger partial charge in [-0.3, -0.25) is 38.9 Å². The quantitative estimate of drug-likeness (QED) is 0.144. The van der Waals surface area contributed by atoms with E-state index in [0.29, 0.717) is 18.4 Å². The fourth-order valence-corrected chi connectivity index (χ4v) is 5.35. The van der Waals surface area contributed by atoms with Gasteiger partial charge in [-0.2, -0.15) is 0 Å². The molecule has 0 saturated carbocycles. The van der Waals surface area contributed by atoms with Crippen LogP contribution >= 0.6 is 0 Å². The Kier molecular flexibility index (Phi) is 9.83. The molecule has 14 heteroatoms. The molecule has 0 radical (unpaired) electrons. The van der Waals surface area contributed by atoms with Gasteiger partial charge >= 0.3 is 0 Å². The van der Waals surface area contributed by atoms with Gasteiger partial charge in [0.05, 0.1) is 28.3 Å². The van der Waals surface area contributed by atoms with E-state index in [-0.39, 0.29) is 37.1 Å². The maximum Gasteiger partial charge on any atom is 0.270 e. The van der Waals surface area contributed by atoms with Crippen LogP contribution in [0.3, 0.4) is 0 Å². The second kappa shape index (κ2) is 13.5. The smallest absolute Gasteiger partial charge is 0.270 e. The molecular formula is C30H34N6O8. The first-order valence-corrected chi connectivity index (χ1v) is 14.3. The van der Waals surface area contributed by atoms with Gasteiger partial charge in [0.25, 0.3) is 5.69 Å². The molecule has 0 bridgehead atoms. The van der Waals surface area contributed by atoms with Crippen LogP contribution in [0.4, 0.5) is 11.4 Å². The van der Waals surface area contributed by atoms with Gasteiger partial charge in [-0.05, 0) is 38.3 Å². The summed E-state index contributed by atoms with van der Waals surface area (Å²) in [4.78, 5) is 91.3. The molecule has 14 nitrogen and oxygen atoms in total. The summed E-state index contributed by atoms with van der Waals surface area (Å²) in [6, 6.07) is 8.01. The third kappa shape index (κ3) is 6.97. The summed E-state index contributed by atoms with van der Waals surface area (Å²) in [5.74, 6) is -3.49. The van der Waals surface area contributed by atoms with E-state index in [1.54, 1.807) is 30.3 Å². The number of ketones is 1. The molecule has 2 aromatic rings. The van der Waals surface area contributed by atoms with E-state index in [4.69, 9.17) is 5.73 Å². The summed E-state index contributed by atoms with van der Waals surface area (Å²) < 4.78 is 0. The number of carbonyl (C=O) groups is 6. The number of nitrogens with one attached hydrogen (secondary N) is 2. The molecule has 0 aliphatic carbocycles. The van der Waals surface area contributed by atoms with E-state index < -0.39 is 70.1 Å². The molecule has 2 aromatic carbocycles. The van der Waals surface area contributed by atoms with Crippen LogP contribution in [0.15, 0.2) is 48.5 Å². The number of hydrogen-bond donors (Lipinski definition) is 3. The maximum absolute atomic E-state index is 14.1. The monoisotopic (exact) mass is 606 g/mol. The van der Waals surface area contributed by atoms with Crippen LogP contribution in [0, 0.1) is 10.1 Å². The van der Waals surface area contributed by atoms with E-state index in [9.17, 15) is 38.9 Å². The number of likely N-dealkylation sites (tertiary alicyclic amines) is 1. The molecule has 232 valence electrons. The number of imide groups is 1. The van der Waals surface area contributed by atoms with E-state index in [2.05, 4.69) is 10.6 Å². The molecule has 2 heterocycles. The highest BCUT2D eigenvalue weighted by Gasteiger charge is 2.39. The Labute approximate surface area is 253 Å². The molecule has 44 heavy (non-hydrogen) atoms. The fourth-order valence-electron chi connectivity index (χ4n) is 5.35. The number of non-ortho nitro benzene ring substituents is 1. The molecule has 0 spiro atoms. The molecule has 2 fully saturated rings. The third-order valence-corrected chi connectivity index (χ3v) is 7.65. The second-order valence-electron chi connectivity index (χ2n) is 10.9. The van der Waals surface area contributed by atoms with Crippen LogP contribution in [0.2, 0.25) is 0 Å². The fraction of sp³-hybridized carbons (Fsp3) is 0.400. The minimum atomic E-state index is -1.27. The number of amides is 5. The van der Waals surface area contributed by atoms with Gasteiger partial charge in [-0.1, -0.05) is 30.3 Å². The largest absolute Gasteiger partial charge is 0.344 e. The van der Waals surface area contributed by atoms with E-state index >= 15 is 0 Å². The van der Waals surface area contributed by atoms with Crippen molar-refractivity contribution in [2.24, 2.45) is 5.73 Å². The van der Waals surface area contributed by atoms with E-state index in [1.165, 1.54) is 24.8 Å². The Hall–Kier alpha value is -4.98. The molecule has 4 rings (SSSR count). The van der Waals surface area contributed by atoms with Crippen LogP contribution in [-0.4, -0.2) is 75.9 Å². The van der Waals surface area contributed by atoms with Gasteiger partial charge < -0.3 is 21.3 Å². The zero-order valence-electron chi connectivity index (χ0n) is 24.4. The Bertz CT molecular complexity index is 1480. The SMILES string of the molecule is C[C@H](N)C(=O)N[C@@H](C)C(=O)N1CCC[C@H]1C(=O)N[C@@H](Cc1ccccc1)C(=O)c1cc([N+](=O)[O-])ccc1N1C(=O)CCC1=O. The summed E-state index contributed by atoms with van der Waals surface area (Å²) >= 11 is 0. The number of benzene rings is 2. The number of hydrogen-bond acceptors (Lipinski definition) is 9. The van der Waals surface area contributed by atoms with E-state index in [0.717, 1.165) is 17.0 Å². The Morgan fingerprint density at radius 1 is 1.02 bits per heavy atom. The average Bonchev–Trinajstić information content (AvgIpc) is 3.62. The number of rotatable bonds is 11. The number of nitro groups is 1. The van der Waals surface area contributed by atoms with Crippen molar-refractivity contribution in [2.75, 3.05) is 11.4 Å². The number of anilines is 1. The van der Waals surface area contributed by atoms with E-state index in [1.807, 2.05) is 0 Å². The van der Waals surface area contributed by atoms with Crippen molar-refractivity contribution >= 4 is 46.7 Å². The minimum Gasteiger partial charge on any atom is -0.344 e. The molecule has 2 saturated heterocycles. The highest BCUT2D eigenvalue weighted by molar-refractivity contribution is 6.23. The zero-order valence-corrected chi connectivity index (χ0v) is 24.4. The highest BCUT2D eigenvalue weighted by atomic mass is 16.6. The van der Waals surface area contributed by atoms with Crippen LogP contribution in [-0.2, 0) is 30.4 Å². The molecular weight excluding hydrogens is 572 g/mol. The number of nitrogens with zero attached hydrogens (tertiary/aromatic N) is 3. The molecule has 5 amide bonds. The first kappa shape index (κ1) is 31.9. The van der Waals surface area contributed by atoms with Gasteiger partial charge in [-0.15, -0.1) is 0 Å². The van der Waals surface area contributed by atoms with Gasteiger partial charge in [0, 0.05) is 37.9 Å². The number of carbonyl (C=O) groups excluding carboxylic acids is 6. The topological polar surface area (TPSA) is 202 Å². The number of Topliss-reactive ketones (excluding diaryl/α,β-unsaturated/α-hetero) is 1. The predicted octanol–water partition coefficient (Wildman–Crippen LogP) is 1.00. The van der Waals surface area contributed by atoms with Gasteiger partial charge in [0.2, 0.25) is 29.5 Å². The standard InChI is InChI=1S/C30H34N6O8/c1-17(31)28(40)32-18(2)30(42)34-14-6-9-24(34)29(41)33-22(15-19-7-4-3-5-8-19)27(39)21-16-20(36(43)44)10-11-23(21)35-25(37)12-13-26(35)38/h3-5,7-8,10-11,16-18,22,24H,6,9,12-15,31H2,1-2H3,(H,32,40)(H,33,41)/t17-,18-,22-,24-/m0/s1. The second-order valence-corrected chi connectivity index (χ2v) is 10.9. The average molecular weight is 607 g/mol. The maximum atomic E-state index is 14.1. The first-order valence-electron chi connectivity index (χ1n) is 14.3. The summed E-state index contributed by atoms with van der Waals surface area (Å²) in [5, 5.41) is 16.9. The first-order chi connectivity index (χ1) is 20.9. The lowest BCUT2D eigenvalue weighted by atomic mass is 9.95. The van der Waals surface area contributed by atoms with Crippen molar-refractivity contribution in [1.82, 2.24) is 15.5 Å². The molecule has 2 aliphatic heterocycles. The lowest BCUT2D eigenvalue weighted by Crippen LogP contribution is -2.56. The normalized spacial score (nSPS) is 18.5. The molecule has 4 N–H and O–H groups in total. The lowest BCUT2D eigenvalue weighted by Gasteiger charge is -2.29. The lowest BCUT2D eigenvalue weighted by molar-refractivity contribution is -0.384. The minimum absolute atomic E-state index is 0.0169. The molecule has 0 aromatic heterocycles. The zero-order chi connectivity index (χ0) is 32.1. The molecule has 4 atom stereocenters. The van der Waals surface area contributed by atoms with Crippen molar-refractivity contribution in [1.29, 1.82) is 0 Å². The van der Waals surface area contributed by atoms with Crippen LogP contribution < -0.4 is 21.3 Å². The Morgan fingerprint density at radius 3 is 2.30 bits per heavy atom. The van der Waals surface area contributed by atoms with Crippen LogP contribution in [0.1, 0.15) is 55.5 Å². The van der Waals surface area contributed by atoms with Crippen molar-refractivity contribution < 1.29 is 33.7 Å². The summed E-state index contributed by atoms with van der Waals surface area (Å²) in [5.41, 5.74) is 5.45. The van der Waals surface area contributed by atoms with Crippen LogP contribution in [0.5, 0.6) is 0 Å². The van der Waals surface area contributed by atoms with Gasteiger partial charge in [-0.25, -0.2) is 4.90 Å². The summed E-state index contributed by atoms with van der Waals surface area (Å²) in [7, 11) is 0. The van der Waals surface area contributed by atoms with Gasteiger partial charge in [0.15, 0.2) is 5.78 Å². The van der Waals surface area contributed by atoms with Crippen LogP contribution in [0.25, 0.3) is 0 Å².